The van der Waals surface area contributed by atoms with Gasteiger partial charge in [-0.15, -0.1) is 0 Å². The van der Waals surface area contributed by atoms with Crippen molar-refractivity contribution >= 4 is 6.03 Å². The van der Waals surface area contributed by atoms with E-state index in [1.54, 1.807) is 0 Å². The zero-order valence-electron chi connectivity index (χ0n) is 14.3. The van der Waals surface area contributed by atoms with Crippen LogP contribution < -0.4 is 5.32 Å². The van der Waals surface area contributed by atoms with Crippen LogP contribution in [0.3, 0.4) is 0 Å². The zero-order valence-corrected chi connectivity index (χ0v) is 14.3. The van der Waals surface area contributed by atoms with Crippen LogP contribution >= 0.6 is 0 Å². The number of hydrogen-bond donors (Lipinski definition) is 1. The van der Waals surface area contributed by atoms with Crippen molar-refractivity contribution in [2.75, 3.05) is 13.2 Å². The quantitative estimate of drug-likeness (QED) is 0.899. The van der Waals surface area contributed by atoms with Gasteiger partial charge in [0.25, 0.3) is 0 Å². The Labute approximate surface area is 139 Å². The highest BCUT2D eigenvalue weighted by Crippen LogP contribution is 2.33. The molecule has 1 aromatic rings. The van der Waals surface area contributed by atoms with Crippen molar-refractivity contribution in [3.63, 3.8) is 0 Å². The van der Waals surface area contributed by atoms with Crippen LogP contribution in [0.25, 0.3) is 0 Å². The summed E-state index contributed by atoms with van der Waals surface area (Å²) in [5.74, 6) is 0. The first-order chi connectivity index (χ1) is 11.1. The molecule has 3 rings (SSSR count). The van der Waals surface area contributed by atoms with Crippen molar-refractivity contribution in [3.8, 4) is 0 Å². The average Bonchev–Trinajstić information content (AvgIpc) is 2.55. The first-order valence-electron chi connectivity index (χ1n) is 8.80. The topological polar surface area (TPSA) is 41.6 Å². The smallest absolute Gasteiger partial charge is 0.318 e. The number of rotatable bonds is 2. The monoisotopic (exact) mass is 316 g/mol. The van der Waals surface area contributed by atoms with E-state index < -0.39 is 0 Å². The summed E-state index contributed by atoms with van der Waals surface area (Å²) in [6, 6.07) is 10.6. The van der Waals surface area contributed by atoms with Crippen molar-refractivity contribution < 1.29 is 9.53 Å². The van der Waals surface area contributed by atoms with E-state index in [9.17, 15) is 4.79 Å². The number of nitrogens with zero attached hydrogens (tertiary/aromatic N) is 1. The molecular weight excluding hydrogens is 288 g/mol. The van der Waals surface area contributed by atoms with E-state index in [0.717, 1.165) is 18.4 Å². The van der Waals surface area contributed by atoms with Crippen LogP contribution in [0.1, 0.15) is 57.6 Å². The molecule has 1 heterocycles. The summed E-state index contributed by atoms with van der Waals surface area (Å²) in [5, 5.41) is 3.28. The summed E-state index contributed by atoms with van der Waals surface area (Å²) < 4.78 is 5.80. The van der Waals surface area contributed by atoms with Crippen molar-refractivity contribution in [2.24, 2.45) is 0 Å². The van der Waals surface area contributed by atoms with Crippen LogP contribution in [-0.2, 0) is 4.74 Å². The number of morpholine rings is 1. The third kappa shape index (κ3) is 3.69. The molecule has 0 spiro atoms. The normalized spacial score (nSPS) is 25.1. The molecule has 1 saturated carbocycles. The third-order valence-electron chi connectivity index (χ3n) is 5.03. The predicted molar refractivity (Wildman–Crippen MR) is 91.3 cm³/mol. The summed E-state index contributed by atoms with van der Waals surface area (Å²) >= 11 is 0. The van der Waals surface area contributed by atoms with E-state index >= 15 is 0 Å². The zero-order chi connectivity index (χ0) is 16.3. The molecule has 1 atom stereocenters. The summed E-state index contributed by atoms with van der Waals surface area (Å²) in [5.41, 5.74) is 0.830. The number of amides is 2. The number of urea groups is 1. The molecule has 4 heteroatoms. The molecular formula is C19H28N2O2. The molecule has 1 aliphatic carbocycles. The Balaban J connectivity index is 1.79. The van der Waals surface area contributed by atoms with E-state index in [0.29, 0.717) is 19.3 Å². The van der Waals surface area contributed by atoms with Crippen LogP contribution in [0, 0.1) is 0 Å². The SMILES string of the molecule is CC1(C)COCC(c2ccccc2)N1C(=O)NC1CCCCC1. The minimum Gasteiger partial charge on any atom is -0.377 e. The van der Waals surface area contributed by atoms with E-state index in [1.807, 2.05) is 23.1 Å². The second-order valence-corrected chi connectivity index (χ2v) is 7.41. The fraction of sp³-hybridized carbons (Fsp3) is 0.632. The largest absolute Gasteiger partial charge is 0.377 e. The fourth-order valence-corrected chi connectivity index (χ4v) is 3.81. The Morgan fingerprint density at radius 2 is 1.87 bits per heavy atom. The van der Waals surface area contributed by atoms with Gasteiger partial charge in [0.2, 0.25) is 0 Å². The molecule has 4 nitrogen and oxygen atoms in total. The summed E-state index contributed by atoms with van der Waals surface area (Å²) in [6.07, 6.45) is 5.94. The standard InChI is InChI=1S/C19H28N2O2/c1-19(2)14-23-13-17(15-9-5-3-6-10-15)21(19)18(22)20-16-11-7-4-8-12-16/h3,5-6,9-10,16-17H,4,7-8,11-14H2,1-2H3,(H,20,22). The van der Waals surface area contributed by atoms with Gasteiger partial charge in [-0.3, -0.25) is 0 Å². The number of hydrogen-bond acceptors (Lipinski definition) is 2. The molecule has 1 unspecified atom stereocenters. The van der Waals surface area contributed by atoms with Crippen molar-refractivity contribution in [2.45, 2.75) is 63.6 Å². The van der Waals surface area contributed by atoms with Gasteiger partial charge in [0.15, 0.2) is 0 Å². The molecule has 2 fully saturated rings. The third-order valence-corrected chi connectivity index (χ3v) is 5.03. The van der Waals surface area contributed by atoms with Gasteiger partial charge in [0, 0.05) is 6.04 Å². The van der Waals surface area contributed by atoms with Crippen molar-refractivity contribution in [1.82, 2.24) is 10.2 Å². The lowest BCUT2D eigenvalue weighted by Gasteiger charge is -2.48. The minimum atomic E-state index is -0.308. The molecule has 0 bridgehead atoms. The molecule has 1 aromatic carbocycles. The first kappa shape index (κ1) is 16.3. The number of ether oxygens (including phenoxy) is 1. The van der Waals surface area contributed by atoms with Gasteiger partial charge in [0.05, 0.1) is 24.8 Å². The van der Waals surface area contributed by atoms with Crippen molar-refractivity contribution in [1.29, 1.82) is 0 Å². The van der Waals surface area contributed by atoms with Gasteiger partial charge in [0.1, 0.15) is 0 Å². The lowest BCUT2D eigenvalue weighted by molar-refractivity contribution is -0.0662. The Hall–Kier alpha value is -1.55. The van der Waals surface area contributed by atoms with Gasteiger partial charge in [-0.05, 0) is 32.3 Å². The Morgan fingerprint density at radius 3 is 2.57 bits per heavy atom. The highest BCUT2D eigenvalue weighted by Gasteiger charge is 2.41. The summed E-state index contributed by atoms with van der Waals surface area (Å²) in [6.45, 7) is 5.31. The highest BCUT2D eigenvalue weighted by molar-refractivity contribution is 5.76. The predicted octanol–water partition coefficient (Wildman–Crippen LogP) is 3.88. The highest BCUT2D eigenvalue weighted by atomic mass is 16.5. The van der Waals surface area contributed by atoms with Gasteiger partial charge in [-0.25, -0.2) is 4.79 Å². The number of nitrogens with one attached hydrogen (secondary N) is 1. The lowest BCUT2D eigenvalue weighted by Crippen LogP contribution is -2.60. The van der Waals surface area contributed by atoms with Crippen molar-refractivity contribution in [3.05, 3.63) is 35.9 Å². The molecule has 1 N–H and O–H groups in total. The minimum absolute atomic E-state index is 0.0245. The molecule has 2 aliphatic rings. The van der Waals surface area contributed by atoms with E-state index in [1.165, 1.54) is 19.3 Å². The lowest BCUT2D eigenvalue weighted by atomic mass is 9.94. The van der Waals surface area contributed by atoms with Crippen LogP contribution in [0.15, 0.2) is 30.3 Å². The fourth-order valence-electron chi connectivity index (χ4n) is 3.81. The van der Waals surface area contributed by atoms with Crippen LogP contribution in [0.5, 0.6) is 0 Å². The summed E-state index contributed by atoms with van der Waals surface area (Å²) in [7, 11) is 0. The molecule has 0 aromatic heterocycles. The maximum atomic E-state index is 13.0. The van der Waals surface area contributed by atoms with Gasteiger partial charge >= 0.3 is 6.03 Å². The van der Waals surface area contributed by atoms with Crippen LogP contribution in [0.4, 0.5) is 4.79 Å². The molecule has 23 heavy (non-hydrogen) atoms. The second-order valence-electron chi connectivity index (χ2n) is 7.41. The van der Waals surface area contributed by atoms with E-state index in [-0.39, 0.29) is 17.6 Å². The molecule has 1 saturated heterocycles. The molecule has 126 valence electrons. The maximum Gasteiger partial charge on any atom is 0.318 e. The number of carbonyl (C=O) groups excluding carboxylic acids is 1. The van der Waals surface area contributed by atoms with Crippen LogP contribution in [0.2, 0.25) is 0 Å². The Morgan fingerprint density at radius 1 is 1.17 bits per heavy atom. The molecule has 0 radical (unpaired) electrons. The van der Waals surface area contributed by atoms with E-state index in [2.05, 4.69) is 31.3 Å². The Kier molecular flexibility index (Phi) is 4.90. The molecule has 2 amide bonds. The second kappa shape index (κ2) is 6.91. The Bertz CT molecular complexity index is 523. The van der Waals surface area contributed by atoms with E-state index in [4.69, 9.17) is 4.74 Å². The van der Waals surface area contributed by atoms with Gasteiger partial charge in [-0.2, -0.15) is 0 Å². The maximum absolute atomic E-state index is 13.0. The number of carbonyl (C=O) groups is 1. The van der Waals surface area contributed by atoms with Gasteiger partial charge < -0.3 is 15.0 Å². The molecule has 1 aliphatic heterocycles. The summed E-state index contributed by atoms with van der Waals surface area (Å²) in [4.78, 5) is 15.0. The van der Waals surface area contributed by atoms with Gasteiger partial charge in [-0.1, -0.05) is 49.6 Å². The first-order valence-corrected chi connectivity index (χ1v) is 8.80. The number of benzene rings is 1. The average molecular weight is 316 g/mol. The van der Waals surface area contributed by atoms with Crippen LogP contribution in [-0.4, -0.2) is 35.7 Å².